The Morgan fingerprint density at radius 1 is 1.00 bits per heavy atom. The summed E-state index contributed by atoms with van der Waals surface area (Å²) in [5.41, 5.74) is 0. The number of halogens is 1. The first kappa shape index (κ1) is 22.5. The predicted molar refractivity (Wildman–Crippen MR) is 29.5 cm³/mol. The molecule has 0 aliphatic heterocycles. The molecule has 0 saturated carbocycles. The van der Waals surface area contributed by atoms with Crippen LogP contribution in [0.5, 0.6) is 0 Å². The van der Waals surface area contributed by atoms with Crippen LogP contribution >= 0.6 is 3.76 Å². The second-order valence-electron chi connectivity index (χ2n) is 0. The first-order chi connectivity index (χ1) is 1.00. The molecule has 0 aliphatic carbocycles. The van der Waals surface area contributed by atoms with Crippen LogP contribution < -0.4 is 0 Å². The van der Waals surface area contributed by atoms with E-state index in [1.165, 1.54) is 0 Å². The van der Waals surface area contributed by atoms with Gasteiger partial charge in [-0.15, -0.1) is 0 Å². The standard InChI is InChI=1S/ClH.3K.H2O.2H/h1H;;;;1H2;;/q;;;+1;;;/p-1. The third kappa shape index (κ3) is 17.6. The summed E-state index contributed by atoms with van der Waals surface area (Å²) in [6.07, 6.45) is 0. The van der Waals surface area contributed by atoms with Crippen LogP contribution in [0, 0.1) is 0 Å². The van der Waals surface area contributed by atoms with E-state index >= 15 is 0 Å². The molecule has 0 spiro atoms. The summed E-state index contributed by atoms with van der Waals surface area (Å²) in [5.74, 6) is 0. The van der Waals surface area contributed by atoms with Gasteiger partial charge in [0.05, 0.1) is 0 Å². The van der Waals surface area contributed by atoms with Gasteiger partial charge in [-0.1, -0.05) is 0 Å². The Labute approximate surface area is 153 Å². The van der Waals surface area contributed by atoms with E-state index in [0.717, 1.165) is 0 Å². The van der Waals surface area contributed by atoms with Gasteiger partial charge in [0.1, 0.15) is 0 Å². The van der Waals surface area contributed by atoms with Crippen LogP contribution in [0.2, 0.25) is 0 Å². The fourth-order valence-corrected chi connectivity index (χ4v) is 0. The SMILES string of the molecule is O.[Cl][K].[KH].[KH]. The maximum absolute atomic E-state index is 4.83. The van der Waals surface area contributed by atoms with Gasteiger partial charge in [0, 0.05) is 0 Å². The molecule has 0 heterocycles. The molecule has 0 aromatic rings. The van der Waals surface area contributed by atoms with E-state index in [2.05, 4.69) is 0 Å². The molecule has 5 heteroatoms. The summed E-state index contributed by atoms with van der Waals surface area (Å²) < 4.78 is 4.83. The molecule has 0 aromatic carbocycles. The Morgan fingerprint density at radius 3 is 1.00 bits per heavy atom. The molecule has 0 aliphatic rings. The van der Waals surface area contributed by atoms with Crippen LogP contribution in [0.15, 0.2) is 0 Å². The Morgan fingerprint density at radius 2 is 1.00 bits per heavy atom. The van der Waals surface area contributed by atoms with Crippen molar-refractivity contribution in [3.8, 4) is 0 Å². The van der Waals surface area contributed by atoms with Crippen LogP contribution in [0.25, 0.3) is 0 Å². The molecule has 5 heavy (non-hydrogen) atoms. The third-order valence-electron chi connectivity index (χ3n) is 0. The van der Waals surface area contributed by atoms with E-state index in [-0.39, 0.29) is 108 Å². The Bertz CT molecular complexity index is 6.85. The van der Waals surface area contributed by atoms with Crippen molar-refractivity contribution in [2.75, 3.05) is 0 Å². The zero-order chi connectivity index (χ0) is 2.00. The van der Waals surface area contributed by atoms with Gasteiger partial charge in [-0.3, -0.25) is 0 Å². The Hall–Kier alpha value is 5.16. The van der Waals surface area contributed by atoms with Gasteiger partial charge in [-0.25, -0.2) is 0 Å². The van der Waals surface area contributed by atoms with Crippen molar-refractivity contribution < 1.29 is 5.48 Å². The molecule has 1 nitrogen and oxygen atoms in total. The van der Waals surface area contributed by atoms with Gasteiger partial charge in [0.25, 0.3) is 0 Å². The minimum atomic E-state index is 0. The predicted octanol–water partition coefficient (Wildman–Crippen LogP) is -1.81. The molecule has 0 radical (unpaired) electrons. The normalized spacial score (nSPS) is 1.40. The van der Waals surface area contributed by atoms with Gasteiger partial charge in [-0.2, -0.15) is 0 Å². The molecular weight excluding hydrogens is 169 g/mol. The fourth-order valence-electron chi connectivity index (χ4n) is 0. The average Bonchev–Trinajstić information content (AvgIpc) is 1.00. The van der Waals surface area contributed by atoms with E-state index in [1.807, 2.05) is 0 Å². The molecular formula is H4ClK3O. The Kier molecular flexibility index (Phi) is 103. The van der Waals surface area contributed by atoms with Gasteiger partial charge < -0.3 is 5.48 Å². The van der Waals surface area contributed by atoms with Crippen molar-refractivity contribution in [2.24, 2.45) is 0 Å². The zero-order valence-corrected chi connectivity index (χ0v) is 5.76. The van der Waals surface area contributed by atoms with Crippen molar-refractivity contribution >= 4 is 154 Å². The number of hydrogen-bond acceptors (Lipinski definition) is 0. The van der Waals surface area contributed by atoms with E-state index in [4.69, 9.17) is 3.76 Å². The Balaban J connectivity index is -0.00000000167. The van der Waals surface area contributed by atoms with Crippen LogP contribution in [0.3, 0.4) is 0 Å². The second kappa shape index (κ2) is 22.9. The van der Waals surface area contributed by atoms with Crippen molar-refractivity contribution in [1.82, 2.24) is 0 Å². The first-order valence-electron chi connectivity index (χ1n) is 0.378. The number of hydrogen-bond donors (Lipinski definition) is 0. The molecule has 0 atom stereocenters. The molecule has 0 unspecified atom stereocenters. The summed E-state index contributed by atoms with van der Waals surface area (Å²) in [6.45, 7) is 0. The van der Waals surface area contributed by atoms with Crippen LogP contribution in [0.4, 0.5) is 0 Å². The average molecular weight is 173 g/mol. The van der Waals surface area contributed by atoms with Crippen molar-refractivity contribution in [3.05, 3.63) is 0 Å². The first-order valence-corrected chi connectivity index (χ1v) is 4.68. The summed E-state index contributed by atoms with van der Waals surface area (Å²) >= 11 is 0.535. The minimum absolute atomic E-state index is 0. The second-order valence-corrected chi connectivity index (χ2v) is 0. The number of rotatable bonds is 0. The van der Waals surface area contributed by atoms with Crippen LogP contribution in [-0.2, 0) is 0 Å². The van der Waals surface area contributed by atoms with Gasteiger partial charge in [0.15, 0.2) is 0 Å². The van der Waals surface area contributed by atoms with Crippen molar-refractivity contribution in [2.45, 2.75) is 0 Å². The van der Waals surface area contributed by atoms with Crippen molar-refractivity contribution in [1.29, 1.82) is 0 Å². The molecule has 0 amide bonds. The molecule has 0 aromatic heterocycles. The summed E-state index contributed by atoms with van der Waals surface area (Å²) in [4.78, 5) is 0. The van der Waals surface area contributed by atoms with E-state index in [0.29, 0.717) is 47.1 Å². The monoisotopic (exact) mass is 172 g/mol. The zero-order valence-electron chi connectivity index (χ0n) is 1.88. The quantitative estimate of drug-likeness (QED) is 0.386. The van der Waals surface area contributed by atoms with E-state index in [9.17, 15) is 0 Å². The molecule has 0 saturated heterocycles. The van der Waals surface area contributed by atoms with Gasteiger partial charge >= 0.3 is 154 Å². The van der Waals surface area contributed by atoms with Crippen LogP contribution in [0.1, 0.15) is 0 Å². The summed E-state index contributed by atoms with van der Waals surface area (Å²) in [7, 11) is 0. The van der Waals surface area contributed by atoms with Crippen molar-refractivity contribution in [3.63, 3.8) is 0 Å². The molecule has 0 rings (SSSR count). The van der Waals surface area contributed by atoms with Gasteiger partial charge in [0.2, 0.25) is 0 Å². The topological polar surface area (TPSA) is 31.5 Å². The fraction of sp³-hybridized carbons (Fsp3) is 0. The van der Waals surface area contributed by atoms with E-state index < -0.39 is 0 Å². The summed E-state index contributed by atoms with van der Waals surface area (Å²) in [5, 5.41) is 0. The third-order valence-corrected chi connectivity index (χ3v) is 0. The molecule has 0 fully saturated rings. The molecule has 2 N–H and O–H groups in total. The van der Waals surface area contributed by atoms with Gasteiger partial charge in [-0.05, 0) is 0 Å². The van der Waals surface area contributed by atoms with Crippen LogP contribution in [-0.4, -0.2) is 155 Å². The molecule has 0 bridgehead atoms. The molecule has 20 valence electrons. The van der Waals surface area contributed by atoms with E-state index in [1.54, 1.807) is 0 Å². The summed E-state index contributed by atoms with van der Waals surface area (Å²) in [6, 6.07) is 0. The maximum atomic E-state index is 4.83.